The van der Waals surface area contributed by atoms with E-state index in [0.717, 1.165) is 5.56 Å². The molecule has 0 saturated carbocycles. The Morgan fingerprint density at radius 1 is 1.07 bits per heavy atom. The molecule has 0 bridgehead atoms. The first-order chi connectivity index (χ1) is 13.5. The average Bonchev–Trinajstić information content (AvgIpc) is 2.67. The number of likely N-dealkylation sites (N-methyl/N-ethyl adjacent to an activating group) is 1. The number of halogens is 1. The third kappa shape index (κ3) is 5.62. The fourth-order valence-corrected chi connectivity index (χ4v) is 4.26. The van der Waals surface area contributed by atoms with Crippen LogP contribution in [-0.2, 0) is 10.0 Å². The van der Waals surface area contributed by atoms with Gasteiger partial charge in [-0.15, -0.1) is 0 Å². The molecule has 1 atom stereocenters. The normalized spacial score (nSPS) is 13.1. The molecule has 29 heavy (non-hydrogen) atoms. The zero-order chi connectivity index (χ0) is 21.8. The Hall–Kier alpha value is -2.29. The molecule has 2 rings (SSSR count). The zero-order valence-electron chi connectivity index (χ0n) is 17.4. The van der Waals surface area contributed by atoms with Crippen LogP contribution in [0.25, 0.3) is 0 Å². The van der Waals surface area contributed by atoms with Crippen molar-refractivity contribution in [2.75, 3.05) is 27.7 Å². The maximum absolute atomic E-state index is 13.6. The summed E-state index contributed by atoms with van der Waals surface area (Å²) in [5.74, 6) is -0.731. The number of sulfonamides is 1. The van der Waals surface area contributed by atoms with Gasteiger partial charge >= 0.3 is 0 Å². The second-order valence-electron chi connectivity index (χ2n) is 7.39. The quantitative estimate of drug-likeness (QED) is 0.712. The number of rotatable bonds is 8. The molecule has 1 N–H and O–H groups in total. The van der Waals surface area contributed by atoms with Crippen LogP contribution in [0.4, 0.5) is 4.39 Å². The highest BCUT2D eigenvalue weighted by molar-refractivity contribution is 7.89. The first kappa shape index (κ1) is 23.0. The summed E-state index contributed by atoms with van der Waals surface area (Å²) in [7, 11) is 1.51. The summed E-state index contributed by atoms with van der Waals surface area (Å²) in [5, 5.41) is 2.82. The van der Waals surface area contributed by atoms with Gasteiger partial charge in [0.15, 0.2) is 0 Å². The van der Waals surface area contributed by atoms with Crippen LogP contribution in [0.5, 0.6) is 0 Å². The predicted molar refractivity (Wildman–Crippen MR) is 112 cm³/mol. The molecular formula is C21H28FN3O3S. The van der Waals surface area contributed by atoms with Crippen molar-refractivity contribution in [2.24, 2.45) is 0 Å². The van der Waals surface area contributed by atoms with E-state index in [1.807, 2.05) is 19.0 Å². The molecule has 0 heterocycles. The van der Waals surface area contributed by atoms with Gasteiger partial charge in [-0.1, -0.05) is 18.2 Å². The van der Waals surface area contributed by atoms with Gasteiger partial charge < -0.3 is 10.2 Å². The van der Waals surface area contributed by atoms with Crippen LogP contribution in [0.2, 0.25) is 0 Å². The van der Waals surface area contributed by atoms with Gasteiger partial charge in [-0.2, -0.15) is 4.31 Å². The van der Waals surface area contributed by atoms with Crippen molar-refractivity contribution in [3.8, 4) is 0 Å². The Balaban J connectivity index is 2.19. The number of nitrogens with one attached hydrogen (secondary N) is 1. The molecule has 0 aliphatic carbocycles. The van der Waals surface area contributed by atoms with Crippen LogP contribution in [-0.4, -0.2) is 57.3 Å². The number of benzene rings is 2. The second kappa shape index (κ2) is 9.47. The lowest BCUT2D eigenvalue weighted by Crippen LogP contribution is -2.35. The van der Waals surface area contributed by atoms with Crippen molar-refractivity contribution in [1.29, 1.82) is 0 Å². The van der Waals surface area contributed by atoms with Crippen LogP contribution in [0.3, 0.4) is 0 Å². The summed E-state index contributed by atoms with van der Waals surface area (Å²) in [6, 6.07) is 11.8. The fourth-order valence-electron chi connectivity index (χ4n) is 2.85. The number of carbonyl (C=O) groups excluding carboxylic acids is 1. The predicted octanol–water partition coefficient (Wildman–Crippen LogP) is 2.89. The maximum atomic E-state index is 13.6. The van der Waals surface area contributed by atoms with Crippen LogP contribution < -0.4 is 5.32 Å². The molecule has 0 saturated heterocycles. The molecule has 0 aliphatic heterocycles. The van der Waals surface area contributed by atoms with Gasteiger partial charge in [-0.25, -0.2) is 12.8 Å². The summed E-state index contributed by atoms with van der Waals surface area (Å²) >= 11 is 0. The lowest BCUT2D eigenvalue weighted by molar-refractivity contribution is 0.0941. The van der Waals surface area contributed by atoms with Crippen molar-refractivity contribution in [1.82, 2.24) is 14.5 Å². The van der Waals surface area contributed by atoms with E-state index in [-0.39, 0.29) is 34.9 Å². The van der Waals surface area contributed by atoms with E-state index in [1.54, 1.807) is 38.1 Å². The molecule has 2 aromatic carbocycles. The van der Waals surface area contributed by atoms with Crippen LogP contribution in [0, 0.1) is 5.82 Å². The van der Waals surface area contributed by atoms with Crippen molar-refractivity contribution in [2.45, 2.75) is 30.8 Å². The minimum Gasteiger partial charge on any atom is -0.350 e. The van der Waals surface area contributed by atoms with E-state index < -0.39 is 15.9 Å². The lowest BCUT2D eigenvalue weighted by atomic mass is 10.1. The fraction of sp³-hybridized carbons (Fsp3) is 0.381. The van der Waals surface area contributed by atoms with Gasteiger partial charge in [0.1, 0.15) is 5.82 Å². The van der Waals surface area contributed by atoms with E-state index in [0.29, 0.717) is 0 Å². The van der Waals surface area contributed by atoms with Gasteiger partial charge in [0.25, 0.3) is 5.91 Å². The van der Waals surface area contributed by atoms with E-state index >= 15 is 0 Å². The van der Waals surface area contributed by atoms with E-state index in [4.69, 9.17) is 0 Å². The monoisotopic (exact) mass is 421 g/mol. The van der Waals surface area contributed by atoms with Gasteiger partial charge in [-0.3, -0.25) is 4.79 Å². The molecule has 0 spiro atoms. The number of nitrogens with zero attached hydrogens (tertiary/aromatic N) is 2. The van der Waals surface area contributed by atoms with Gasteiger partial charge in [0.05, 0.1) is 10.9 Å². The third-order valence-electron chi connectivity index (χ3n) is 4.81. The molecule has 0 aliphatic rings. The molecule has 6 nitrogen and oxygen atoms in total. The molecule has 0 aromatic heterocycles. The Bertz CT molecular complexity index is 961. The number of hydrogen-bond donors (Lipinski definition) is 1. The maximum Gasteiger partial charge on any atom is 0.251 e. The highest BCUT2D eigenvalue weighted by Gasteiger charge is 2.24. The highest BCUT2D eigenvalue weighted by atomic mass is 32.2. The van der Waals surface area contributed by atoms with Crippen molar-refractivity contribution in [3.63, 3.8) is 0 Å². The molecule has 1 amide bonds. The Morgan fingerprint density at radius 2 is 1.72 bits per heavy atom. The Labute approximate surface area is 172 Å². The topological polar surface area (TPSA) is 69.7 Å². The Kier molecular flexibility index (Phi) is 7.51. The van der Waals surface area contributed by atoms with Gasteiger partial charge in [-0.05, 0) is 63.8 Å². The Morgan fingerprint density at radius 3 is 2.31 bits per heavy atom. The highest BCUT2D eigenvalue weighted by Crippen LogP contribution is 2.20. The standard InChI is InChI=1S/C21H28FN3O3S/c1-15(2)25(5)29(27,28)19-11-7-9-17(13-19)21(26)23-14-20(24(3)4)16-8-6-10-18(22)12-16/h6-13,15,20H,14H2,1-5H3,(H,23,26). The van der Waals surface area contributed by atoms with Gasteiger partial charge in [0.2, 0.25) is 10.0 Å². The first-order valence-electron chi connectivity index (χ1n) is 9.32. The van der Waals surface area contributed by atoms with Crippen molar-refractivity contribution < 1.29 is 17.6 Å². The second-order valence-corrected chi connectivity index (χ2v) is 9.38. The van der Waals surface area contributed by atoms with Crippen LogP contribution in [0.1, 0.15) is 35.8 Å². The summed E-state index contributed by atoms with van der Waals surface area (Å²) in [6.45, 7) is 3.81. The summed E-state index contributed by atoms with van der Waals surface area (Å²) < 4.78 is 40.2. The minimum atomic E-state index is -3.68. The zero-order valence-corrected chi connectivity index (χ0v) is 18.2. The van der Waals surface area contributed by atoms with E-state index in [9.17, 15) is 17.6 Å². The lowest BCUT2D eigenvalue weighted by Gasteiger charge is -2.25. The van der Waals surface area contributed by atoms with Gasteiger partial charge in [0, 0.05) is 25.2 Å². The SMILES string of the molecule is CC(C)N(C)S(=O)(=O)c1cccc(C(=O)NCC(c2cccc(F)c2)N(C)C)c1. The van der Waals surface area contributed by atoms with Crippen molar-refractivity contribution >= 4 is 15.9 Å². The van der Waals surface area contributed by atoms with E-state index in [1.165, 1.54) is 35.6 Å². The smallest absolute Gasteiger partial charge is 0.251 e. The van der Waals surface area contributed by atoms with Crippen LogP contribution >= 0.6 is 0 Å². The number of hydrogen-bond acceptors (Lipinski definition) is 4. The average molecular weight is 422 g/mol. The summed E-state index contributed by atoms with van der Waals surface area (Å²) in [5.41, 5.74) is 0.991. The largest absolute Gasteiger partial charge is 0.350 e. The molecule has 1 unspecified atom stereocenters. The molecule has 0 radical (unpaired) electrons. The van der Waals surface area contributed by atoms with Crippen molar-refractivity contribution in [3.05, 3.63) is 65.5 Å². The van der Waals surface area contributed by atoms with E-state index in [2.05, 4.69) is 5.32 Å². The van der Waals surface area contributed by atoms with Crippen LogP contribution in [0.15, 0.2) is 53.4 Å². The summed E-state index contributed by atoms with van der Waals surface area (Å²) in [4.78, 5) is 14.6. The summed E-state index contributed by atoms with van der Waals surface area (Å²) in [6.07, 6.45) is 0. The molecule has 158 valence electrons. The third-order valence-corrected chi connectivity index (χ3v) is 6.84. The first-order valence-corrected chi connectivity index (χ1v) is 10.8. The molecular weight excluding hydrogens is 393 g/mol. The minimum absolute atomic E-state index is 0.0654. The molecule has 8 heteroatoms. The number of carbonyl (C=O) groups is 1. The molecule has 2 aromatic rings. The molecule has 0 fully saturated rings. The number of amides is 1.